The Morgan fingerprint density at radius 2 is 2.19 bits per heavy atom. The zero-order chi connectivity index (χ0) is 15.9. The second-order valence-corrected chi connectivity index (χ2v) is 6.14. The number of urea groups is 1. The largest absolute Gasteiger partial charge is 0.480 e. The van der Waals surface area contributed by atoms with E-state index in [9.17, 15) is 18.0 Å². The lowest BCUT2D eigenvalue weighted by atomic mass is 10.2. The lowest BCUT2D eigenvalue weighted by molar-refractivity contribution is -0.139. The summed E-state index contributed by atoms with van der Waals surface area (Å²) < 4.78 is 24.4. The van der Waals surface area contributed by atoms with E-state index in [-0.39, 0.29) is 18.7 Å². The molecule has 2 amide bonds. The van der Waals surface area contributed by atoms with Gasteiger partial charge in [0, 0.05) is 24.9 Å². The molecule has 0 aliphatic rings. The second-order valence-electron chi connectivity index (χ2n) is 4.10. The first-order valence-corrected chi connectivity index (χ1v) is 7.65. The van der Waals surface area contributed by atoms with Gasteiger partial charge in [0.05, 0.1) is 12.1 Å². The summed E-state index contributed by atoms with van der Waals surface area (Å²) in [7, 11) is -2.16. The van der Waals surface area contributed by atoms with Crippen LogP contribution in [0.1, 0.15) is 5.69 Å². The monoisotopic (exact) mass is 319 g/mol. The molecule has 11 heteroatoms. The van der Waals surface area contributed by atoms with E-state index in [0.29, 0.717) is 5.69 Å². The van der Waals surface area contributed by atoms with Crippen LogP contribution in [0.2, 0.25) is 0 Å². The molecule has 0 saturated heterocycles. The summed E-state index contributed by atoms with van der Waals surface area (Å²) in [4.78, 5) is 29.1. The Kier molecular flexibility index (Phi) is 6.11. The van der Waals surface area contributed by atoms with E-state index < -0.39 is 28.1 Å². The Labute approximate surface area is 121 Å². The third-order valence-electron chi connectivity index (χ3n) is 2.55. The average Bonchev–Trinajstić information content (AvgIpc) is 2.90. The van der Waals surface area contributed by atoms with Crippen LogP contribution in [0.15, 0.2) is 12.5 Å². The van der Waals surface area contributed by atoms with Crippen LogP contribution in [0, 0.1) is 0 Å². The number of carboxylic acid groups (broad SMARTS) is 1. The third-order valence-corrected chi connectivity index (χ3v) is 3.91. The van der Waals surface area contributed by atoms with Crippen LogP contribution in [0.5, 0.6) is 0 Å². The Hall–Kier alpha value is -2.14. The van der Waals surface area contributed by atoms with E-state index >= 15 is 0 Å². The first-order chi connectivity index (χ1) is 9.84. The highest BCUT2D eigenvalue weighted by Gasteiger charge is 2.21. The normalized spacial score (nSPS) is 12.6. The van der Waals surface area contributed by atoms with Crippen molar-refractivity contribution in [3.63, 3.8) is 0 Å². The number of carbonyl (C=O) groups is 2. The first-order valence-electron chi connectivity index (χ1n) is 5.99. The molecule has 21 heavy (non-hydrogen) atoms. The summed E-state index contributed by atoms with van der Waals surface area (Å²) >= 11 is 0. The van der Waals surface area contributed by atoms with E-state index in [0.717, 1.165) is 0 Å². The van der Waals surface area contributed by atoms with Crippen LogP contribution in [0.25, 0.3) is 0 Å². The number of amides is 2. The number of aliphatic carboxylic acids is 1. The fourth-order valence-corrected chi connectivity index (χ4v) is 2.00. The maximum atomic E-state index is 11.5. The predicted octanol–water partition coefficient (Wildman–Crippen LogP) is -1.75. The molecule has 0 unspecified atom stereocenters. The summed E-state index contributed by atoms with van der Waals surface area (Å²) in [6.45, 7) is -0.134. The van der Waals surface area contributed by atoms with Crippen LogP contribution < -0.4 is 15.4 Å². The van der Waals surface area contributed by atoms with Gasteiger partial charge in [0.15, 0.2) is 0 Å². The standard InChI is InChI=1S/C10H17N5O5S/c1-11-21(19,20)3-2-13-10(18)15-8(9(16)17)4-7-5-12-6-14-7/h5-6,8,11H,2-4H2,1H3,(H,12,14)(H,16,17)(H2,13,15,18)/t8-/m1/s1. The van der Waals surface area contributed by atoms with E-state index in [4.69, 9.17) is 5.11 Å². The number of carboxylic acids is 1. The van der Waals surface area contributed by atoms with Gasteiger partial charge in [0.1, 0.15) is 6.04 Å². The fraction of sp³-hybridized carbons (Fsp3) is 0.500. The number of rotatable bonds is 8. The highest BCUT2D eigenvalue weighted by Crippen LogP contribution is 1.98. The minimum Gasteiger partial charge on any atom is -0.480 e. The summed E-state index contributed by atoms with van der Waals surface area (Å²) in [5, 5.41) is 13.6. The molecule has 0 fully saturated rings. The maximum Gasteiger partial charge on any atom is 0.326 e. The zero-order valence-corrected chi connectivity index (χ0v) is 12.1. The van der Waals surface area contributed by atoms with Crippen molar-refractivity contribution in [2.75, 3.05) is 19.3 Å². The van der Waals surface area contributed by atoms with Gasteiger partial charge < -0.3 is 20.7 Å². The van der Waals surface area contributed by atoms with E-state index in [1.54, 1.807) is 0 Å². The Morgan fingerprint density at radius 3 is 2.71 bits per heavy atom. The highest BCUT2D eigenvalue weighted by atomic mass is 32.2. The summed E-state index contributed by atoms with van der Waals surface area (Å²) in [5.41, 5.74) is 0.556. The number of nitrogens with zero attached hydrogens (tertiary/aromatic N) is 1. The van der Waals surface area contributed by atoms with Gasteiger partial charge in [-0.1, -0.05) is 0 Å². The molecule has 10 nitrogen and oxygen atoms in total. The summed E-state index contributed by atoms with van der Waals surface area (Å²) in [6.07, 6.45) is 2.89. The van der Waals surface area contributed by atoms with Crippen molar-refractivity contribution in [1.82, 2.24) is 25.3 Å². The smallest absolute Gasteiger partial charge is 0.326 e. The molecule has 0 spiro atoms. The molecule has 0 aromatic carbocycles. The number of aromatic amines is 1. The molecule has 1 atom stereocenters. The van der Waals surface area contributed by atoms with Crippen molar-refractivity contribution in [3.05, 3.63) is 18.2 Å². The Balaban J connectivity index is 2.44. The van der Waals surface area contributed by atoms with Crippen LogP contribution in [-0.4, -0.2) is 60.9 Å². The number of imidazole rings is 1. The number of aromatic nitrogens is 2. The molecule has 0 aliphatic carbocycles. The molecule has 118 valence electrons. The molecule has 1 aromatic heterocycles. The molecular formula is C10H17N5O5S. The first kappa shape index (κ1) is 16.9. The Morgan fingerprint density at radius 1 is 1.48 bits per heavy atom. The molecule has 1 rings (SSSR count). The number of sulfonamides is 1. The number of nitrogens with one attached hydrogen (secondary N) is 4. The van der Waals surface area contributed by atoms with Crippen LogP contribution in [0.4, 0.5) is 4.79 Å². The van der Waals surface area contributed by atoms with Gasteiger partial charge in [-0.05, 0) is 7.05 Å². The minimum absolute atomic E-state index is 0.0393. The highest BCUT2D eigenvalue weighted by molar-refractivity contribution is 7.89. The van der Waals surface area contributed by atoms with Gasteiger partial charge in [-0.3, -0.25) is 0 Å². The lowest BCUT2D eigenvalue weighted by Gasteiger charge is -2.14. The molecule has 5 N–H and O–H groups in total. The third kappa shape index (κ3) is 6.23. The van der Waals surface area contributed by atoms with Crippen molar-refractivity contribution >= 4 is 22.0 Å². The molecule has 0 aliphatic heterocycles. The second kappa shape index (κ2) is 7.59. The quantitative estimate of drug-likeness (QED) is 0.383. The molecule has 0 bridgehead atoms. The Bertz CT molecular complexity index is 571. The van der Waals surface area contributed by atoms with Crippen molar-refractivity contribution in [1.29, 1.82) is 0 Å². The van der Waals surface area contributed by atoms with Gasteiger partial charge >= 0.3 is 12.0 Å². The summed E-state index contributed by atoms with van der Waals surface area (Å²) in [5.74, 6) is -1.50. The van der Waals surface area contributed by atoms with Crippen molar-refractivity contribution in [3.8, 4) is 0 Å². The van der Waals surface area contributed by atoms with Crippen LogP contribution in [0.3, 0.4) is 0 Å². The minimum atomic E-state index is -3.42. The van der Waals surface area contributed by atoms with E-state index in [1.165, 1.54) is 19.6 Å². The van der Waals surface area contributed by atoms with Gasteiger partial charge in [-0.2, -0.15) is 0 Å². The van der Waals surface area contributed by atoms with Crippen molar-refractivity contribution in [2.24, 2.45) is 0 Å². The number of hydrogen-bond donors (Lipinski definition) is 5. The molecular weight excluding hydrogens is 302 g/mol. The number of hydrogen-bond acceptors (Lipinski definition) is 5. The topological polar surface area (TPSA) is 153 Å². The fourth-order valence-electron chi connectivity index (χ4n) is 1.43. The van der Waals surface area contributed by atoms with Crippen molar-refractivity contribution < 1.29 is 23.1 Å². The zero-order valence-electron chi connectivity index (χ0n) is 11.3. The van der Waals surface area contributed by atoms with Gasteiger partial charge in [-0.15, -0.1) is 0 Å². The molecule has 0 saturated carbocycles. The molecule has 1 aromatic rings. The summed E-state index contributed by atoms with van der Waals surface area (Å²) in [6, 6.07) is -1.90. The average molecular weight is 319 g/mol. The van der Waals surface area contributed by atoms with E-state index in [2.05, 4.69) is 25.3 Å². The van der Waals surface area contributed by atoms with E-state index in [1.807, 2.05) is 0 Å². The van der Waals surface area contributed by atoms with Crippen LogP contribution in [-0.2, 0) is 21.2 Å². The SMILES string of the molecule is CNS(=O)(=O)CCNC(=O)N[C@H](Cc1cnc[nH]1)C(=O)O. The molecule has 1 heterocycles. The lowest BCUT2D eigenvalue weighted by Crippen LogP contribution is -2.48. The molecule has 0 radical (unpaired) electrons. The predicted molar refractivity (Wildman–Crippen MR) is 73.1 cm³/mol. The maximum absolute atomic E-state index is 11.5. The van der Waals surface area contributed by atoms with Gasteiger partial charge in [-0.25, -0.2) is 27.7 Å². The number of H-pyrrole nitrogens is 1. The number of carbonyl (C=O) groups excluding carboxylic acids is 1. The van der Waals surface area contributed by atoms with Crippen LogP contribution >= 0.6 is 0 Å². The van der Waals surface area contributed by atoms with Crippen molar-refractivity contribution in [2.45, 2.75) is 12.5 Å². The van der Waals surface area contributed by atoms with Gasteiger partial charge in [0.2, 0.25) is 10.0 Å². The van der Waals surface area contributed by atoms with Gasteiger partial charge in [0.25, 0.3) is 0 Å².